The van der Waals surface area contributed by atoms with E-state index in [1.54, 1.807) is 30.3 Å². The number of carbonyl (C=O) groups is 1. The van der Waals surface area contributed by atoms with E-state index in [1.807, 2.05) is 32.9 Å². The molecule has 0 aromatic heterocycles. The minimum Gasteiger partial charge on any atom is -0.319 e. The van der Waals surface area contributed by atoms with E-state index in [0.29, 0.717) is 5.56 Å². The summed E-state index contributed by atoms with van der Waals surface area (Å²) in [6, 6.07) is 13.7. The molecular formula is C17H18FNO. The van der Waals surface area contributed by atoms with Gasteiger partial charge in [0.05, 0.1) is 5.69 Å². The molecule has 2 nitrogen and oxygen atoms in total. The third-order valence-electron chi connectivity index (χ3n) is 3.12. The van der Waals surface area contributed by atoms with E-state index in [9.17, 15) is 9.18 Å². The molecule has 0 spiro atoms. The maximum Gasteiger partial charge on any atom is 0.255 e. The van der Waals surface area contributed by atoms with Crippen molar-refractivity contribution in [3.05, 3.63) is 65.5 Å². The van der Waals surface area contributed by atoms with Crippen LogP contribution in [0.4, 0.5) is 10.1 Å². The van der Waals surface area contributed by atoms with Gasteiger partial charge in [-0.15, -0.1) is 0 Å². The zero-order valence-corrected chi connectivity index (χ0v) is 11.9. The van der Waals surface area contributed by atoms with E-state index in [2.05, 4.69) is 5.32 Å². The Balaban J connectivity index is 2.21. The second-order valence-corrected chi connectivity index (χ2v) is 5.76. The first-order valence-corrected chi connectivity index (χ1v) is 6.54. The van der Waals surface area contributed by atoms with E-state index >= 15 is 0 Å². The summed E-state index contributed by atoms with van der Waals surface area (Å²) in [5.41, 5.74) is 1.48. The van der Waals surface area contributed by atoms with Crippen LogP contribution >= 0.6 is 0 Å². The molecule has 0 atom stereocenters. The molecule has 0 unspecified atom stereocenters. The molecule has 0 aliphatic carbocycles. The van der Waals surface area contributed by atoms with Crippen molar-refractivity contribution in [2.24, 2.45) is 0 Å². The second kappa shape index (κ2) is 5.45. The lowest BCUT2D eigenvalue weighted by atomic mass is 9.87. The fourth-order valence-electron chi connectivity index (χ4n) is 1.87. The van der Waals surface area contributed by atoms with Crippen LogP contribution in [0.25, 0.3) is 0 Å². The standard InChI is InChI=1S/C17H18FNO/c1-17(2,3)13-9-10-15(14(18)11-13)19-16(20)12-7-5-4-6-8-12/h4-11H,1-3H3,(H,19,20). The molecule has 0 saturated heterocycles. The number of hydrogen-bond acceptors (Lipinski definition) is 1. The summed E-state index contributed by atoms with van der Waals surface area (Å²) in [5.74, 6) is -0.727. The van der Waals surface area contributed by atoms with Gasteiger partial charge in [0.15, 0.2) is 0 Å². The third kappa shape index (κ3) is 3.23. The molecule has 0 heterocycles. The average Bonchev–Trinajstić information content (AvgIpc) is 2.41. The fraction of sp³-hybridized carbons (Fsp3) is 0.235. The number of anilines is 1. The van der Waals surface area contributed by atoms with Crippen molar-refractivity contribution in [3.8, 4) is 0 Å². The van der Waals surface area contributed by atoms with Crippen molar-refractivity contribution in [3.63, 3.8) is 0 Å². The van der Waals surface area contributed by atoms with Crippen LogP contribution in [0, 0.1) is 5.82 Å². The van der Waals surface area contributed by atoms with Crippen molar-refractivity contribution >= 4 is 11.6 Å². The predicted octanol–water partition coefficient (Wildman–Crippen LogP) is 4.38. The summed E-state index contributed by atoms with van der Waals surface area (Å²) in [5, 5.41) is 2.59. The first-order valence-electron chi connectivity index (χ1n) is 6.54. The quantitative estimate of drug-likeness (QED) is 0.863. The largest absolute Gasteiger partial charge is 0.319 e. The second-order valence-electron chi connectivity index (χ2n) is 5.76. The zero-order chi connectivity index (χ0) is 14.8. The first-order chi connectivity index (χ1) is 9.38. The van der Waals surface area contributed by atoms with Gasteiger partial charge in [-0.25, -0.2) is 4.39 Å². The number of amides is 1. The first kappa shape index (κ1) is 14.3. The van der Waals surface area contributed by atoms with E-state index in [-0.39, 0.29) is 17.0 Å². The normalized spacial score (nSPS) is 11.2. The molecule has 2 rings (SSSR count). The highest BCUT2D eigenvalue weighted by molar-refractivity contribution is 6.04. The molecule has 0 fully saturated rings. The van der Waals surface area contributed by atoms with E-state index in [0.717, 1.165) is 5.56 Å². The van der Waals surface area contributed by atoms with Crippen molar-refractivity contribution in [2.45, 2.75) is 26.2 Å². The Kier molecular flexibility index (Phi) is 3.89. The van der Waals surface area contributed by atoms with Crippen molar-refractivity contribution in [2.75, 3.05) is 5.32 Å². The highest BCUT2D eigenvalue weighted by Crippen LogP contribution is 2.26. The van der Waals surface area contributed by atoms with Gasteiger partial charge in [-0.3, -0.25) is 4.79 Å². The van der Waals surface area contributed by atoms with E-state index in [4.69, 9.17) is 0 Å². The van der Waals surface area contributed by atoms with Crippen LogP contribution < -0.4 is 5.32 Å². The molecule has 0 saturated carbocycles. The van der Waals surface area contributed by atoms with Crippen LogP contribution in [0.15, 0.2) is 48.5 Å². The maximum absolute atomic E-state index is 14.0. The van der Waals surface area contributed by atoms with Crippen molar-refractivity contribution in [1.29, 1.82) is 0 Å². The average molecular weight is 271 g/mol. The van der Waals surface area contributed by atoms with Crippen LogP contribution in [0.1, 0.15) is 36.7 Å². The van der Waals surface area contributed by atoms with Gasteiger partial charge in [0.1, 0.15) is 5.82 Å². The van der Waals surface area contributed by atoms with Gasteiger partial charge in [0.2, 0.25) is 0 Å². The van der Waals surface area contributed by atoms with Crippen LogP contribution in [0.2, 0.25) is 0 Å². The Hall–Kier alpha value is -2.16. The monoisotopic (exact) mass is 271 g/mol. The number of rotatable bonds is 2. The number of hydrogen-bond donors (Lipinski definition) is 1. The molecule has 2 aromatic rings. The predicted molar refractivity (Wildman–Crippen MR) is 79.5 cm³/mol. The lowest BCUT2D eigenvalue weighted by Crippen LogP contribution is -2.15. The Morgan fingerprint density at radius 3 is 2.25 bits per heavy atom. The van der Waals surface area contributed by atoms with Gasteiger partial charge in [0, 0.05) is 5.56 Å². The molecule has 0 bridgehead atoms. The third-order valence-corrected chi connectivity index (χ3v) is 3.12. The Bertz CT molecular complexity index is 615. The molecule has 20 heavy (non-hydrogen) atoms. The number of benzene rings is 2. The van der Waals surface area contributed by atoms with Crippen LogP contribution in [0.5, 0.6) is 0 Å². The zero-order valence-electron chi connectivity index (χ0n) is 11.9. The van der Waals surface area contributed by atoms with E-state index in [1.165, 1.54) is 6.07 Å². The van der Waals surface area contributed by atoms with Gasteiger partial charge in [-0.1, -0.05) is 45.0 Å². The summed E-state index contributed by atoms with van der Waals surface area (Å²) in [6.45, 7) is 6.05. The van der Waals surface area contributed by atoms with Gasteiger partial charge >= 0.3 is 0 Å². The molecule has 0 aliphatic rings. The van der Waals surface area contributed by atoms with E-state index < -0.39 is 5.82 Å². The molecule has 1 amide bonds. The van der Waals surface area contributed by atoms with Gasteiger partial charge in [-0.2, -0.15) is 0 Å². The van der Waals surface area contributed by atoms with Crippen molar-refractivity contribution in [1.82, 2.24) is 0 Å². The lowest BCUT2D eigenvalue weighted by Gasteiger charge is -2.19. The summed E-state index contributed by atoms with van der Waals surface area (Å²) >= 11 is 0. The molecule has 0 radical (unpaired) electrons. The van der Waals surface area contributed by atoms with Gasteiger partial charge in [-0.05, 0) is 35.2 Å². The molecule has 104 valence electrons. The highest BCUT2D eigenvalue weighted by atomic mass is 19.1. The molecule has 1 N–H and O–H groups in total. The summed E-state index contributed by atoms with van der Waals surface area (Å²) in [7, 11) is 0. The van der Waals surface area contributed by atoms with Crippen LogP contribution in [-0.4, -0.2) is 5.91 Å². The molecule has 3 heteroatoms. The SMILES string of the molecule is CC(C)(C)c1ccc(NC(=O)c2ccccc2)c(F)c1. The summed E-state index contributed by atoms with van der Waals surface area (Å²) < 4.78 is 14.0. The van der Waals surface area contributed by atoms with Crippen molar-refractivity contribution < 1.29 is 9.18 Å². The van der Waals surface area contributed by atoms with Crippen LogP contribution in [-0.2, 0) is 5.41 Å². The summed E-state index contributed by atoms with van der Waals surface area (Å²) in [6.07, 6.45) is 0. The van der Waals surface area contributed by atoms with Gasteiger partial charge < -0.3 is 5.32 Å². The number of halogens is 1. The molecular weight excluding hydrogens is 253 g/mol. The minimum absolute atomic E-state index is 0.122. The van der Waals surface area contributed by atoms with Crippen LogP contribution in [0.3, 0.4) is 0 Å². The Morgan fingerprint density at radius 1 is 1.05 bits per heavy atom. The number of carbonyl (C=O) groups excluding carboxylic acids is 1. The Labute approximate surface area is 118 Å². The number of nitrogens with one attached hydrogen (secondary N) is 1. The highest BCUT2D eigenvalue weighted by Gasteiger charge is 2.16. The van der Waals surface area contributed by atoms with Gasteiger partial charge in [0.25, 0.3) is 5.91 Å². The maximum atomic E-state index is 14.0. The lowest BCUT2D eigenvalue weighted by molar-refractivity contribution is 0.102. The molecule has 2 aromatic carbocycles. The molecule has 0 aliphatic heterocycles. The smallest absolute Gasteiger partial charge is 0.255 e. The Morgan fingerprint density at radius 2 is 1.70 bits per heavy atom. The summed E-state index contributed by atoms with van der Waals surface area (Å²) in [4.78, 5) is 12.0. The minimum atomic E-state index is -0.415. The fourth-order valence-corrected chi connectivity index (χ4v) is 1.87. The topological polar surface area (TPSA) is 29.1 Å².